The number of unbranched alkanes of at least 4 members (excludes halogenated alkanes) is 4. The van der Waals surface area contributed by atoms with E-state index in [1.54, 1.807) is 0 Å². The zero-order valence-corrected chi connectivity index (χ0v) is 11.5. The fourth-order valence-corrected chi connectivity index (χ4v) is 2.70. The number of hydrogen-bond donors (Lipinski definition) is 0. The predicted octanol–water partition coefficient (Wildman–Crippen LogP) is 4.07. The monoisotopic (exact) mass is 240 g/mol. The van der Waals surface area contributed by atoms with E-state index in [-0.39, 0.29) is 0 Å². The average Bonchev–Trinajstić information content (AvgIpc) is 3.21. The van der Waals surface area contributed by atoms with Gasteiger partial charge in [0.25, 0.3) is 0 Å². The third kappa shape index (κ3) is 4.59. The van der Waals surface area contributed by atoms with E-state index in [2.05, 4.69) is 13.8 Å². The Morgan fingerprint density at radius 2 is 1.12 bits per heavy atom. The minimum atomic E-state index is 0.535. The summed E-state index contributed by atoms with van der Waals surface area (Å²) in [6.07, 6.45) is 13.9. The van der Waals surface area contributed by atoms with Gasteiger partial charge in [0.05, 0.1) is 24.4 Å². The zero-order chi connectivity index (χ0) is 12.1. The summed E-state index contributed by atoms with van der Waals surface area (Å²) < 4.78 is 11.4. The Kier molecular flexibility index (Phi) is 5.30. The Hall–Kier alpha value is -0.0800. The summed E-state index contributed by atoms with van der Waals surface area (Å²) in [6.45, 7) is 4.51. The van der Waals surface area contributed by atoms with Crippen LogP contribution in [0.15, 0.2) is 0 Å². The number of hydrogen-bond acceptors (Lipinski definition) is 2. The van der Waals surface area contributed by atoms with Crippen molar-refractivity contribution in [1.29, 1.82) is 0 Å². The molecule has 2 saturated heterocycles. The molecule has 4 atom stereocenters. The van der Waals surface area contributed by atoms with Gasteiger partial charge in [0.1, 0.15) is 0 Å². The van der Waals surface area contributed by atoms with Crippen molar-refractivity contribution in [3.05, 3.63) is 0 Å². The van der Waals surface area contributed by atoms with Gasteiger partial charge in [0, 0.05) is 6.42 Å². The highest BCUT2D eigenvalue weighted by Gasteiger charge is 2.47. The SMILES string of the molecule is CCCCC[C@@H]1O[C@H]1C[C@@H]1O[C@@H]1CCCCC. The summed E-state index contributed by atoms with van der Waals surface area (Å²) in [4.78, 5) is 0. The van der Waals surface area contributed by atoms with Crippen molar-refractivity contribution in [2.45, 2.75) is 96.1 Å². The second-order valence-electron chi connectivity index (χ2n) is 5.65. The Bertz CT molecular complexity index is 195. The maximum atomic E-state index is 5.71. The number of ether oxygens (including phenoxy) is 2. The van der Waals surface area contributed by atoms with Crippen LogP contribution in [0.4, 0.5) is 0 Å². The molecule has 2 nitrogen and oxygen atoms in total. The molecule has 0 aromatic carbocycles. The van der Waals surface area contributed by atoms with Crippen LogP contribution in [0.2, 0.25) is 0 Å². The molecule has 17 heavy (non-hydrogen) atoms. The van der Waals surface area contributed by atoms with Crippen LogP contribution in [-0.2, 0) is 9.47 Å². The highest BCUT2D eigenvalue weighted by molar-refractivity contribution is 4.94. The topological polar surface area (TPSA) is 25.1 Å². The maximum Gasteiger partial charge on any atom is 0.0867 e. The minimum absolute atomic E-state index is 0.535. The van der Waals surface area contributed by atoms with Crippen LogP contribution >= 0.6 is 0 Å². The normalized spacial score (nSPS) is 34.9. The molecule has 0 aromatic rings. The first-order chi connectivity index (χ1) is 8.35. The Morgan fingerprint density at radius 1 is 0.647 bits per heavy atom. The average molecular weight is 240 g/mol. The van der Waals surface area contributed by atoms with Gasteiger partial charge in [-0.3, -0.25) is 0 Å². The van der Waals surface area contributed by atoms with Crippen LogP contribution in [0.5, 0.6) is 0 Å². The molecule has 0 saturated carbocycles. The van der Waals surface area contributed by atoms with Crippen LogP contribution in [0.25, 0.3) is 0 Å². The summed E-state index contributed by atoms with van der Waals surface area (Å²) in [5.74, 6) is 0. The molecule has 0 spiro atoms. The lowest BCUT2D eigenvalue weighted by molar-refractivity contribution is 0.318. The van der Waals surface area contributed by atoms with E-state index in [9.17, 15) is 0 Å². The van der Waals surface area contributed by atoms with E-state index in [4.69, 9.17) is 9.47 Å². The summed E-state index contributed by atoms with van der Waals surface area (Å²) in [5.41, 5.74) is 0. The van der Waals surface area contributed by atoms with E-state index in [0.29, 0.717) is 24.4 Å². The molecule has 0 N–H and O–H groups in total. The lowest BCUT2D eigenvalue weighted by atomic mass is 10.1. The van der Waals surface area contributed by atoms with Gasteiger partial charge in [-0.15, -0.1) is 0 Å². The van der Waals surface area contributed by atoms with Crippen molar-refractivity contribution in [3.8, 4) is 0 Å². The molecule has 2 heteroatoms. The number of rotatable bonds is 10. The first-order valence-electron chi connectivity index (χ1n) is 7.66. The molecule has 0 amide bonds. The predicted molar refractivity (Wildman–Crippen MR) is 70.2 cm³/mol. The summed E-state index contributed by atoms with van der Waals surface area (Å²) in [6, 6.07) is 0. The summed E-state index contributed by atoms with van der Waals surface area (Å²) in [7, 11) is 0. The van der Waals surface area contributed by atoms with Gasteiger partial charge < -0.3 is 9.47 Å². The first-order valence-corrected chi connectivity index (χ1v) is 7.66. The third-order valence-corrected chi connectivity index (χ3v) is 4.02. The van der Waals surface area contributed by atoms with E-state index in [1.165, 1.54) is 51.4 Å². The van der Waals surface area contributed by atoms with E-state index in [1.807, 2.05) is 0 Å². The van der Waals surface area contributed by atoms with Crippen LogP contribution < -0.4 is 0 Å². The third-order valence-electron chi connectivity index (χ3n) is 4.02. The molecule has 2 aliphatic rings. The summed E-state index contributed by atoms with van der Waals surface area (Å²) in [5, 5.41) is 0. The van der Waals surface area contributed by atoms with Crippen LogP contribution in [0.3, 0.4) is 0 Å². The summed E-state index contributed by atoms with van der Waals surface area (Å²) >= 11 is 0. The van der Waals surface area contributed by atoms with Gasteiger partial charge in [-0.25, -0.2) is 0 Å². The maximum absolute atomic E-state index is 5.71. The van der Waals surface area contributed by atoms with Crippen LogP contribution in [0, 0.1) is 0 Å². The molecule has 2 heterocycles. The largest absolute Gasteiger partial charge is 0.369 e. The van der Waals surface area contributed by atoms with Gasteiger partial charge in [0.2, 0.25) is 0 Å². The molecule has 0 bridgehead atoms. The second-order valence-corrected chi connectivity index (χ2v) is 5.65. The number of epoxide rings is 2. The van der Waals surface area contributed by atoms with Gasteiger partial charge in [-0.05, 0) is 12.8 Å². The fourth-order valence-electron chi connectivity index (χ4n) is 2.70. The van der Waals surface area contributed by atoms with E-state index in [0.717, 1.165) is 6.42 Å². The van der Waals surface area contributed by atoms with Crippen molar-refractivity contribution < 1.29 is 9.47 Å². The molecule has 0 radical (unpaired) electrons. The fraction of sp³-hybridized carbons (Fsp3) is 1.00. The van der Waals surface area contributed by atoms with Gasteiger partial charge in [-0.1, -0.05) is 52.4 Å². The Balaban J connectivity index is 1.45. The molecule has 2 rings (SSSR count). The highest BCUT2D eigenvalue weighted by atomic mass is 16.6. The molecule has 0 aliphatic carbocycles. The standard InChI is InChI=1S/C15H28O2/c1-3-5-7-9-12-14(16-12)11-15-13(17-15)10-8-6-4-2/h12-15H,3-11H2,1-2H3/t12-,13+,14-,15-/m0/s1. The molecular weight excluding hydrogens is 212 g/mol. The highest BCUT2D eigenvalue weighted by Crippen LogP contribution is 2.38. The van der Waals surface area contributed by atoms with E-state index >= 15 is 0 Å². The quantitative estimate of drug-likeness (QED) is 0.425. The lowest BCUT2D eigenvalue weighted by Crippen LogP contribution is -2.02. The molecule has 0 unspecified atom stereocenters. The first kappa shape index (κ1) is 13.4. The van der Waals surface area contributed by atoms with E-state index < -0.39 is 0 Å². The van der Waals surface area contributed by atoms with Gasteiger partial charge >= 0.3 is 0 Å². The molecular formula is C15H28O2. The van der Waals surface area contributed by atoms with Gasteiger partial charge in [-0.2, -0.15) is 0 Å². The van der Waals surface area contributed by atoms with Crippen molar-refractivity contribution in [2.75, 3.05) is 0 Å². The molecule has 2 fully saturated rings. The van der Waals surface area contributed by atoms with Crippen molar-refractivity contribution in [2.24, 2.45) is 0 Å². The Labute approximate surface area is 106 Å². The molecule has 2 aliphatic heterocycles. The zero-order valence-electron chi connectivity index (χ0n) is 11.5. The second kappa shape index (κ2) is 6.75. The van der Waals surface area contributed by atoms with Crippen molar-refractivity contribution in [3.63, 3.8) is 0 Å². The van der Waals surface area contributed by atoms with Crippen molar-refractivity contribution in [1.82, 2.24) is 0 Å². The van der Waals surface area contributed by atoms with Crippen LogP contribution in [-0.4, -0.2) is 24.4 Å². The Morgan fingerprint density at radius 3 is 1.53 bits per heavy atom. The molecule has 100 valence electrons. The van der Waals surface area contributed by atoms with Gasteiger partial charge in [0.15, 0.2) is 0 Å². The lowest BCUT2D eigenvalue weighted by Gasteiger charge is -1.95. The smallest absolute Gasteiger partial charge is 0.0867 e. The molecule has 0 aromatic heterocycles. The van der Waals surface area contributed by atoms with Crippen molar-refractivity contribution >= 4 is 0 Å². The minimum Gasteiger partial charge on any atom is -0.369 e. The van der Waals surface area contributed by atoms with Crippen LogP contribution in [0.1, 0.15) is 71.6 Å².